The summed E-state index contributed by atoms with van der Waals surface area (Å²) in [4.78, 5) is 10.8. The first-order valence-corrected chi connectivity index (χ1v) is 10.7. The molecule has 3 aromatic heterocycles. The summed E-state index contributed by atoms with van der Waals surface area (Å²) in [5.41, 5.74) is 3.01. The van der Waals surface area contributed by atoms with Gasteiger partial charge >= 0.3 is 0 Å². The molecule has 7 heteroatoms. The molecule has 154 valence electrons. The number of rotatable bonds is 5. The van der Waals surface area contributed by atoms with Gasteiger partial charge in [0.2, 0.25) is 0 Å². The van der Waals surface area contributed by atoms with Crippen LogP contribution in [0.2, 0.25) is 5.02 Å². The monoisotopic (exact) mass is 446 g/mol. The molecule has 0 bridgehead atoms. The minimum absolute atomic E-state index is 0.125. The highest BCUT2D eigenvalue weighted by Crippen LogP contribution is 2.41. The summed E-state index contributed by atoms with van der Waals surface area (Å²) in [5.74, 6) is 1.61. The van der Waals surface area contributed by atoms with Crippen molar-refractivity contribution in [1.29, 1.82) is 0 Å². The average Bonchev–Trinajstić information content (AvgIpc) is 3.41. The Kier molecular flexibility index (Phi) is 5.40. The number of pyridine rings is 2. The van der Waals surface area contributed by atoms with E-state index in [1.54, 1.807) is 18.6 Å². The first-order valence-electron chi connectivity index (χ1n) is 9.92. The highest BCUT2D eigenvalue weighted by Gasteiger charge is 2.41. The first-order chi connectivity index (χ1) is 15.2. The number of nitrogens with zero attached hydrogens (tertiary/aromatic N) is 3. The Bertz CT molecular complexity index is 1180. The Hall–Kier alpha value is -3.22. The van der Waals surface area contributed by atoms with Crippen molar-refractivity contribution in [1.82, 2.24) is 20.2 Å². The van der Waals surface area contributed by atoms with Gasteiger partial charge in [0.1, 0.15) is 17.6 Å². The normalized spacial score (nSPS) is 18.2. The van der Waals surface area contributed by atoms with Crippen molar-refractivity contribution in [3.63, 3.8) is 0 Å². The van der Waals surface area contributed by atoms with Crippen molar-refractivity contribution in [2.45, 2.75) is 18.6 Å². The summed E-state index contributed by atoms with van der Waals surface area (Å²) in [6.45, 7) is 0.638. The van der Waals surface area contributed by atoms with Gasteiger partial charge in [-0.05, 0) is 78.4 Å². The second kappa shape index (κ2) is 8.49. The topological polar surface area (TPSA) is 54.2 Å². The lowest BCUT2D eigenvalue weighted by Gasteiger charge is -2.26. The molecule has 1 aliphatic heterocycles. The van der Waals surface area contributed by atoms with Crippen LogP contribution in [0.4, 0.5) is 0 Å². The predicted molar refractivity (Wildman–Crippen MR) is 124 cm³/mol. The number of furan rings is 1. The van der Waals surface area contributed by atoms with Crippen LogP contribution in [0, 0.1) is 0 Å². The van der Waals surface area contributed by atoms with Gasteiger partial charge in [-0.1, -0.05) is 17.7 Å². The van der Waals surface area contributed by atoms with Gasteiger partial charge in [0.15, 0.2) is 5.11 Å². The van der Waals surface area contributed by atoms with E-state index in [-0.39, 0.29) is 12.1 Å². The molecule has 1 aromatic carbocycles. The Morgan fingerprint density at radius 1 is 0.968 bits per heavy atom. The largest absolute Gasteiger partial charge is 0.459 e. The van der Waals surface area contributed by atoms with Crippen molar-refractivity contribution in [2.24, 2.45) is 0 Å². The minimum Gasteiger partial charge on any atom is -0.459 e. The highest BCUT2D eigenvalue weighted by molar-refractivity contribution is 7.80. The van der Waals surface area contributed by atoms with E-state index in [0.717, 1.165) is 28.3 Å². The number of aromatic nitrogens is 2. The zero-order valence-electron chi connectivity index (χ0n) is 16.5. The van der Waals surface area contributed by atoms with Gasteiger partial charge in [-0.15, -0.1) is 0 Å². The third kappa shape index (κ3) is 4.04. The summed E-state index contributed by atoms with van der Waals surface area (Å²) < 4.78 is 6.34. The lowest BCUT2D eigenvalue weighted by Crippen LogP contribution is -2.29. The third-order valence-corrected chi connectivity index (χ3v) is 5.95. The van der Waals surface area contributed by atoms with Crippen LogP contribution < -0.4 is 5.32 Å². The molecular weight excluding hydrogens is 428 g/mol. The molecule has 1 saturated heterocycles. The summed E-state index contributed by atoms with van der Waals surface area (Å²) in [7, 11) is 0. The van der Waals surface area contributed by atoms with Gasteiger partial charge in [-0.3, -0.25) is 9.97 Å². The van der Waals surface area contributed by atoms with Crippen LogP contribution in [0.25, 0.3) is 11.3 Å². The van der Waals surface area contributed by atoms with Crippen LogP contribution in [-0.4, -0.2) is 20.0 Å². The van der Waals surface area contributed by atoms with E-state index in [2.05, 4.69) is 20.2 Å². The van der Waals surface area contributed by atoms with Gasteiger partial charge in [-0.25, -0.2) is 0 Å². The van der Waals surface area contributed by atoms with Crippen LogP contribution >= 0.6 is 23.8 Å². The molecule has 1 aliphatic rings. The van der Waals surface area contributed by atoms with E-state index in [1.165, 1.54) is 0 Å². The average molecular weight is 447 g/mol. The lowest BCUT2D eigenvalue weighted by molar-refractivity contribution is 0.269. The SMILES string of the molecule is S=C1N[C@H](c2ccccn2)[C@@H](c2ccc(-c3ccc(Cl)cc3)o2)N1Cc1ccncc1. The fourth-order valence-corrected chi connectivity index (χ4v) is 4.28. The maximum Gasteiger partial charge on any atom is 0.170 e. The summed E-state index contributed by atoms with van der Waals surface area (Å²) in [5, 5.41) is 4.81. The molecule has 1 fully saturated rings. The van der Waals surface area contributed by atoms with Crippen LogP contribution in [-0.2, 0) is 6.54 Å². The van der Waals surface area contributed by atoms with E-state index in [1.807, 2.05) is 66.7 Å². The second-order valence-corrected chi connectivity index (χ2v) is 8.14. The number of nitrogens with one attached hydrogen (secondary N) is 1. The minimum atomic E-state index is -0.142. The van der Waals surface area contributed by atoms with Crippen LogP contribution in [0.1, 0.15) is 29.1 Å². The van der Waals surface area contributed by atoms with Crippen molar-refractivity contribution in [3.05, 3.63) is 107 Å². The number of thiocarbonyl (C=S) groups is 1. The van der Waals surface area contributed by atoms with Gasteiger partial charge in [0.25, 0.3) is 0 Å². The van der Waals surface area contributed by atoms with Crippen molar-refractivity contribution >= 4 is 28.9 Å². The molecule has 0 amide bonds. The highest BCUT2D eigenvalue weighted by atomic mass is 35.5. The Labute approximate surface area is 190 Å². The van der Waals surface area contributed by atoms with Crippen molar-refractivity contribution in [3.8, 4) is 11.3 Å². The maximum absolute atomic E-state index is 6.34. The fourth-order valence-electron chi connectivity index (χ4n) is 3.85. The Morgan fingerprint density at radius 3 is 2.52 bits per heavy atom. The van der Waals surface area contributed by atoms with E-state index in [9.17, 15) is 0 Å². The standard InChI is InChI=1S/C24H19ClN4OS/c25-18-6-4-17(5-7-18)20-8-9-21(30-20)23-22(19-3-1-2-12-27-19)28-24(31)29(23)15-16-10-13-26-14-11-16/h1-14,22-23H,15H2,(H,28,31)/t22-,23-/m1/s1. The van der Waals surface area contributed by atoms with Crippen molar-refractivity contribution < 1.29 is 4.42 Å². The van der Waals surface area contributed by atoms with Crippen molar-refractivity contribution in [2.75, 3.05) is 0 Å². The molecule has 5 rings (SSSR count). The van der Waals surface area contributed by atoms with Crippen LogP contribution in [0.15, 0.2) is 89.7 Å². The molecule has 0 unspecified atom stereocenters. The van der Waals surface area contributed by atoms with E-state index in [0.29, 0.717) is 16.7 Å². The molecule has 4 aromatic rings. The van der Waals surface area contributed by atoms with Crippen LogP contribution in [0.3, 0.4) is 0 Å². The lowest BCUT2D eigenvalue weighted by atomic mass is 10.0. The molecule has 0 spiro atoms. The molecule has 2 atom stereocenters. The summed E-state index contributed by atoms with van der Waals surface area (Å²) >= 11 is 11.8. The first kappa shape index (κ1) is 19.7. The molecule has 0 saturated carbocycles. The van der Waals surface area contributed by atoms with Gasteiger partial charge in [0, 0.05) is 35.7 Å². The number of hydrogen-bond donors (Lipinski definition) is 1. The molecule has 1 N–H and O–H groups in total. The third-order valence-electron chi connectivity index (χ3n) is 5.35. The molecule has 4 heterocycles. The van der Waals surface area contributed by atoms with E-state index in [4.69, 9.17) is 28.2 Å². The predicted octanol–water partition coefficient (Wildman–Crippen LogP) is 5.56. The molecule has 5 nitrogen and oxygen atoms in total. The van der Waals surface area contributed by atoms with Gasteiger partial charge in [0.05, 0.1) is 11.7 Å². The number of benzene rings is 1. The summed E-state index contributed by atoms with van der Waals surface area (Å²) in [6, 6.07) is 21.2. The second-order valence-electron chi connectivity index (χ2n) is 7.32. The molecule has 0 aliphatic carbocycles. The number of halogens is 1. The van der Waals surface area contributed by atoms with Gasteiger partial charge in [-0.2, -0.15) is 0 Å². The fraction of sp³-hybridized carbons (Fsp3) is 0.125. The number of hydrogen-bond acceptors (Lipinski definition) is 4. The molecular formula is C24H19ClN4OS. The van der Waals surface area contributed by atoms with E-state index >= 15 is 0 Å². The van der Waals surface area contributed by atoms with Crippen LogP contribution in [0.5, 0.6) is 0 Å². The van der Waals surface area contributed by atoms with Gasteiger partial charge < -0.3 is 14.6 Å². The molecule has 31 heavy (non-hydrogen) atoms. The Morgan fingerprint density at radius 2 is 1.77 bits per heavy atom. The quantitative estimate of drug-likeness (QED) is 0.405. The molecule has 0 radical (unpaired) electrons. The zero-order valence-corrected chi connectivity index (χ0v) is 18.1. The maximum atomic E-state index is 6.34. The van der Waals surface area contributed by atoms with E-state index < -0.39 is 0 Å². The smallest absolute Gasteiger partial charge is 0.170 e. The summed E-state index contributed by atoms with van der Waals surface area (Å²) in [6.07, 6.45) is 5.38. The zero-order chi connectivity index (χ0) is 21.2. The Balaban J connectivity index is 1.53.